The lowest BCUT2D eigenvalue weighted by Gasteiger charge is -2.39. The molecular formula is C36H30O11. The van der Waals surface area contributed by atoms with Gasteiger partial charge in [0.05, 0.1) is 28.5 Å². The van der Waals surface area contributed by atoms with Crippen molar-refractivity contribution in [1.29, 1.82) is 0 Å². The van der Waals surface area contributed by atoms with Crippen molar-refractivity contribution in [2.45, 2.75) is 30.7 Å². The summed E-state index contributed by atoms with van der Waals surface area (Å²) in [5, 5.41) is 49.4. The van der Waals surface area contributed by atoms with Crippen molar-refractivity contribution in [2.24, 2.45) is 0 Å². The molecule has 47 heavy (non-hydrogen) atoms. The topological polar surface area (TPSA) is 180 Å². The molecule has 1 aliphatic heterocycles. The lowest BCUT2D eigenvalue weighted by atomic mass is 9.99. The molecule has 5 atom stereocenters. The van der Waals surface area contributed by atoms with Crippen molar-refractivity contribution in [3.63, 3.8) is 0 Å². The molecule has 240 valence electrons. The molecule has 7 rings (SSSR count). The second kappa shape index (κ2) is 13.6. The van der Waals surface area contributed by atoms with Crippen LogP contribution in [0.2, 0.25) is 0 Å². The van der Waals surface area contributed by atoms with E-state index in [4.69, 9.17) is 18.3 Å². The van der Waals surface area contributed by atoms with Crippen LogP contribution in [-0.4, -0.2) is 62.8 Å². The van der Waals surface area contributed by atoms with Crippen LogP contribution in [0, 0.1) is 0 Å². The Morgan fingerprint density at radius 3 is 1.91 bits per heavy atom. The number of para-hydroxylation sites is 1. The average molecular weight is 639 g/mol. The molecule has 11 nitrogen and oxygen atoms in total. The van der Waals surface area contributed by atoms with Crippen LogP contribution in [0.5, 0.6) is 11.5 Å². The van der Waals surface area contributed by atoms with E-state index in [2.05, 4.69) is 0 Å². The SMILES string of the molecule is O=c1c(-c2ccc(O)cc2)coc2cc(OC3O[C@H](CO)[C@@H](O)[C@H](O)[C@H]3O)ccc12.O=c1c(-c2ccccc2)coc2ccccc12. The summed E-state index contributed by atoms with van der Waals surface area (Å²) < 4.78 is 21.9. The van der Waals surface area contributed by atoms with E-state index in [0.29, 0.717) is 33.0 Å². The van der Waals surface area contributed by atoms with Gasteiger partial charge in [-0.25, -0.2) is 0 Å². The van der Waals surface area contributed by atoms with Gasteiger partial charge in [0.1, 0.15) is 59.6 Å². The van der Waals surface area contributed by atoms with Crippen LogP contribution in [-0.2, 0) is 4.74 Å². The molecule has 4 aromatic carbocycles. The molecule has 0 bridgehead atoms. The summed E-state index contributed by atoms with van der Waals surface area (Å²) in [6, 6.07) is 27.4. The van der Waals surface area contributed by atoms with E-state index in [-0.39, 0.29) is 27.9 Å². The maximum Gasteiger partial charge on any atom is 0.229 e. The van der Waals surface area contributed by atoms with Gasteiger partial charge < -0.3 is 43.8 Å². The van der Waals surface area contributed by atoms with E-state index in [1.54, 1.807) is 24.3 Å². The maximum atomic E-state index is 12.8. The van der Waals surface area contributed by atoms with Gasteiger partial charge in [0, 0.05) is 6.07 Å². The van der Waals surface area contributed by atoms with Gasteiger partial charge in [-0.3, -0.25) is 9.59 Å². The Balaban J connectivity index is 0.000000191. The molecule has 11 heteroatoms. The highest BCUT2D eigenvalue weighted by Crippen LogP contribution is 2.28. The number of phenols is 1. The Hall–Kier alpha value is -5.30. The molecule has 1 fully saturated rings. The zero-order valence-corrected chi connectivity index (χ0v) is 24.7. The van der Waals surface area contributed by atoms with E-state index in [1.165, 1.54) is 42.9 Å². The highest BCUT2D eigenvalue weighted by molar-refractivity contribution is 5.83. The quantitative estimate of drug-likeness (QED) is 0.185. The van der Waals surface area contributed by atoms with Crippen molar-refractivity contribution < 1.29 is 43.8 Å². The summed E-state index contributed by atoms with van der Waals surface area (Å²) >= 11 is 0. The fraction of sp³-hybridized carbons (Fsp3) is 0.167. The molecule has 6 aromatic rings. The Kier molecular flexibility index (Phi) is 9.16. The van der Waals surface area contributed by atoms with Crippen molar-refractivity contribution in [3.8, 4) is 33.8 Å². The highest BCUT2D eigenvalue weighted by atomic mass is 16.7. The van der Waals surface area contributed by atoms with Gasteiger partial charge in [-0.2, -0.15) is 0 Å². The average Bonchev–Trinajstić information content (AvgIpc) is 3.10. The number of aliphatic hydroxyl groups excluding tert-OH is 4. The summed E-state index contributed by atoms with van der Waals surface area (Å²) in [5.74, 6) is 0.270. The lowest BCUT2D eigenvalue weighted by molar-refractivity contribution is -0.277. The second-order valence-corrected chi connectivity index (χ2v) is 10.8. The molecule has 0 amide bonds. The van der Waals surface area contributed by atoms with Gasteiger partial charge in [-0.05, 0) is 47.5 Å². The van der Waals surface area contributed by atoms with E-state index < -0.39 is 37.3 Å². The Morgan fingerprint density at radius 1 is 0.638 bits per heavy atom. The van der Waals surface area contributed by atoms with Crippen LogP contribution in [0.1, 0.15) is 0 Å². The molecule has 1 aliphatic rings. The van der Waals surface area contributed by atoms with Gasteiger partial charge in [0.15, 0.2) is 10.9 Å². The number of rotatable bonds is 5. The highest BCUT2D eigenvalue weighted by Gasteiger charge is 2.44. The number of phenolic OH excluding ortho intramolecular Hbond substituents is 1. The molecule has 0 spiro atoms. The summed E-state index contributed by atoms with van der Waals surface area (Å²) in [7, 11) is 0. The minimum Gasteiger partial charge on any atom is -0.508 e. The van der Waals surface area contributed by atoms with E-state index in [0.717, 1.165) is 5.56 Å². The van der Waals surface area contributed by atoms with Gasteiger partial charge in [0.2, 0.25) is 6.29 Å². The lowest BCUT2D eigenvalue weighted by Crippen LogP contribution is -2.60. The molecule has 1 unspecified atom stereocenters. The van der Waals surface area contributed by atoms with Crippen LogP contribution in [0.25, 0.3) is 44.2 Å². The van der Waals surface area contributed by atoms with Crippen LogP contribution >= 0.6 is 0 Å². The number of ether oxygens (including phenoxy) is 2. The standard InChI is InChI=1S/C21H20O9.C15H10O2/c22-8-16-18(25)19(26)20(27)21(30-16)29-12-5-6-13-15(7-12)28-9-14(17(13)24)10-1-3-11(23)4-2-10;16-15-12-8-4-5-9-14(12)17-10-13(15)11-6-2-1-3-7-11/h1-7,9,16,18-23,25-27H,8H2;1-10H/t16-,18-,19+,20-,21?;/m1./s1. The molecule has 0 saturated carbocycles. The number of aromatic hydroxyl groups is 1. The predicted molar refractivity (Wildman–Crippen MR) is 172 cm³/mol. The second-order valence-electron chi connectivity index (χ2n) is 10.8. The first kappa shape index (κ1) is 31.7. The van der Waals surface area contributed by atoms with Crippen molar-refractivity contribution in [1.82, 2.24) is 0 Å². The Labute approximate surface area is 266 Å². The Morgan fingerprint density at radius 2 is 1.23 bits per heavy atom. The van der Waals surface area contributed by atoms with Crippen molar-refractivity contribution in [2.75, 3.05) is 6.61 Å². The van der Waals surface area contributed by atoms with Crippen LogP contribution < -0.4 is 15.6 Å². The monoisotopic (exact) mass is 638 g/mol. The largest absolute Gasteiger partial charge is 0.508 e. The first-order valence-corrected chi connectivity index (χ1v) is 14.6. The maximum absolute atomic E-state index is 12.8. The number of fused-ring (bicyclic) bond motifs is 2. The third-order valence-electron chi connectivity index (χ3n) is 7.79. The molecular weight excluding hydrogens is 608 g/mol. The van der Waals surface area contributed by atoms with Gasteiger partial charge in [-0.15, -0.1) is 0 Å². The van der Waals surface area contributed by atoms with Gasteiger partial charge in [-0.1, -0.05) is 54.6 Å². The molecule has 1 saturated heterocycles. The molecule has 5 N–H and O–H groups in total. The first-order chi connectivity index (χ1) is 22.7. The van der Waals surface area contributed by atoms with Gasteiger partial charge >= 0.3 is 0 Å². The third kappa shape index (κ3) is 6.52. The number of aliphatic hydroxyl groups is 4. The van der Waals surface area contributed by atoms with Crippen molar-refractivity contribution in [3.05, 3.63) is 130 Å². The fourth-order valence-electron chi connectivity index (χ4n) is 5.22. The number of benzene rings is 4. The first-order valence-electron chi connectivity index (χ1n) is 14.6. The summed E-state index contributed by atoms with van der Waals surface area (Å²) in [5.41, 5.74) is 2.98. The smallest absolute Gasteiger partial charge is 0.229 e. The molecule has 0 aliphatic carbocycles. The normalized spacial score (nSPS) is 20.8. The molecule has 3 heterocycles. The minimum absolute atomic E-state index is 0.0121. The van der Waals surface area contributed by atoms with Crippen molar-refractivity contribution >= 4 is 21.9 Å². The van der Waals surface area contributed by atoms with Crippen LogP contribution in [0.3, 0.4) is 0 Å². The fourth-order valence-corrected chi connectivity index (χ4v) is 5.22. The predicted octanol–water partition coefficient (Wildman–Crippen LogP) is 3.80. The molecule has 0 radical (unpaired) electrons. The van der Waals surface area contributed by atoms with Crippen LogP contribution in [0.4, 0.5) is 0 Å². The summed E-state index contributed by atoms with van der Waals surface area (Å²) in [4.78, 5) is 25.1. The zero-order chi connectivity index (χ0) is 33.1. The summed E-state index contributed by atoms with van der Waals surface area (Å²) in [6.07, 6.45) is -4.22. The number of hydrogen-bond donors (Lipinski definition) is 5. The number of hydrogen-bond acceptors (Lipinski definition) is 11. The summed E-state index contributed by atoms with van der Waals surface area (Å²) in [6.45, 7) is -0.572. The zero-order valence-electron chi connectivity index (χ0n) is 24.7. The van der Waals surface area contributed by atoms with E-state index in [1.807, 2.05) is 42.5 Å². The Bertz CT molecular complexity index is 2100. The molecule has 2 aromatic heterocycles. The van der Waals surface area contributed by atoms with Gasteiger partial charge in [0.25, 0.3) is 0 Å². The minimum atomic E-state index is -1.56. The third-order valence-corrected chi connectivity index (χ3v) is 7.79. The van der Waals surface area contributed by atoms with E-state index >= 15 is 0 Å². The van der Waals surface area contributed by atoms with E-state index in [9.17, 15) is 35.1 Å². The van der Waals surface area contributed by atoms with Crippen LogP contribution in [0.15, 0.2) is 128 Å².